The van der Waals surface area contributed by atoms with Gasteiger partial charge in [-0.2, -0.15) is 0 Å². The van der Waals surface area contributed by atoms with Gasteiger partial charge in [0.25, 0.3) is 0 Å². The highest BCUT2D eigenvalue weighted by Crippen LogP contribution is 2.45. The van der Waals surface area contributed by atoms with Gasteiger partial charge in [-0.25, -0.2) is 14.2 Å². The van der Waals surface area contributed by atoms with Crippen molar-refractivity contribution in [1.29, 1.82) is 0 Å². The summed E-state index contributed by atoms with van der Waals surface area (Å²) in [5, 5.41) is 2.70. The number of aryl methyl sites for hydroxylation is 1. The molecule has 1 fully saturated rings. The summed E-state index contributed by atoms with van der Waals surface area (Å²) in [7, 11) is 0. The van der Waals surface area contributed by atoms with Crippen LogP contribution >= 0.6 is 11.8 Å². The highest BCUT2D eigenvalue weighted by atomic mass is 32.2. The van der Waals surface area contributed by atoms with Crippen LogP contribution in [0.5, 0.6) is 0 Å². The summed E-state index contributed by atoms with van der Waals surface area (Å²) >= 11 is 1.46. The van der Waals surface area contributed by atoms with E-state index in [1.165, 1.54) is 17.8 Å². The van der Waals surface area contributed by atoms with Crippen LogP contribution in [-0.2, 0) is 14.3 Å². The van der Waals surface area contributed by atoms with Gasteiger partial charge in [-0.1, -0.05) is 53.7 Å². The lowest BCUT2D eigenvalue weighted by Gasteiger charge is -2.38. The number of amidine groups is 1. The van der Waals surface area contributed by atoms with Gasteiger partial charge < -0.3 is 19.4 Å². The van der Waals surface area contributed by atoms with Gasteiger partial charge in [-0.05, 0) is 50.8 Å². The molecule has 1 atom stereocenters. The topological polar surface area (TPSA) is 65.5 Å². The summed E-state index contributed by atoms with van der Waals surface area (Å²) in [6.07, 6.45) is -0.0894. The zero-order valence-electron chi connectivity index (χ0n) is 22.7. The van der Waals surface area contributed by atoms with Crippen LogP contribution in [0.4, 0.5) is 10.1 Å². The molecule has 5 rings (SSSR count). The van der Waals surface area contributed by atoms with Crippen LogP contribution in [0.3, 0.4) is 0 Å². The second-order valence-corrected chi connectivity index (χ2v) is 11.1. The molecule has 7 nitrogen and oxygen atoms in total. The van der Waals surface area contributed by atoms with Gasteiger partial charge in [-0.3, -0.25) is 4.79 Å². The van der Waals surface area contributed by atoms with E-state index in [-0.39, 0.29) is 24.2 Å². The van der Waals surface area contributed by atoms with Gasteiger partial charge in [-0.15, -0.1) is 0 Å². The number of allylic oxidation sites excluding steroid dienone is 1. The van der Waals surface area contributed by atoms with E-state index >= 15 is 0 Å². The number of benzene rings is 2. The van der Waals surface area contributed by atoms with Crippen molar-refractivity contribution in [1.82, 2.24) is 9.80 Å². The molecule has 0 N–H and O–H groups in total. The number of nitrogens with zero attached hydrogens (tertiary/aromatic N) is 4. The van der Waals surface area contributed by atoms with Crippen molar-refractivity contribution >= 4 is 34.5 Å². The molecule has 3 aliphatic rings. The van der Waals surface area contributed by atoms with E-state index in [1.54, 1.807) is 12.1 Å². The first-order valence-electron chi connectivity index (χ1n) is 13.2. The standard InChI is InChI=1S/C30H33FN4O3S/c1-19(2)38-29(37)27-21(4)32-30-35(28(27)22-9-7-8-20(3)16-22)23(18-39-30)17-26(36)34-14-12-33(13-15-34)25-11-6-5-10-24(25)31/h5-11,16,18-19,28H,12-15,17H2,1-4H3. The molecule has 0 aromatic heterocycles. The Balaban J connectivity index is 1.36. The number of piperazine rings is 1. The summed E-state index contributed by atoms with van der Waals surface area (Å²) in [6, 6.07) is 14.3. The minimum Gasteiger partial charge on any atom is -0.459 e. The van der Waals surface area contributed by atoms with E-state index in [1.807, 2.05) is 72.1 Å². The van der Waals surface area contributed by atoms with Crippen molar-refractivity contribution in [2.45, 2.75) is 46.3 Å². The molecule has 2 aromatic rings. The molecule has 1 amide bonds. The monoisotopic (exact) mass is 548 g/mol. The third-order valence-corrected chi connectivity index (χ3v) is 7.97. The molecule has 3 aliphatic heterocycles. The number of rotatable bonds is 6. The van der Waals surface area contributed by atoms with Crippen LogP contribution in [0.15, 0.2) is 75.9 Å². The fourth-order valence-electron chi connectivity index (χ4n) is 5.24. The number of hydrogen-bond acceptors (Lipinski definition) is 7. The number of anilines is 1. The minimum absolute atomic E-state index is 0.00291. The number of hydrogen-bond donors (Lipinski definition) is 0. The quantitative estimate of drug-likeness (QED) is 0.451. The number of fused-ring (bicyclic) bond motifs is 1. The maximum Gasteiger partial charge on any atom is 0.338 e. The zero-order valence-corrected chi connectivity index (χ0v) is 23.5. The van der Waals surface area contributed by atoms with Crippen LogP contribution in [0.1, 0.15) is 44.4 Å². The third-order valence-electron chi connectivity index (χ3n) is 7.08. The van der Waals surface area contributed by atoms with E-state index < -0.39 is 12.0 Å². The number of thioether (sulfide) groups is 1. The lowest BCUT2D eigenvalue weighted by Crippen LogP contribution is -2.49. The number of esters is 1. The van der Waals surface area contributed by atoms with E-state index in [4.69, 9.17) is 9.73 Å². The number of amides is 1. The molecule has 1 unspecified atom stereocenters. The smallest absolute Gasteiger partial charge is 0.338 e. The summed E-state index contributed by atoms with van der Waals surface area (Å²) in [5.74, 6) is -0.653. The molecule has 0 spiro atoms. The van der Waals surface area contributed by atoms with Gasteiger partial charge in [0.1, 0.15) is 5.82 Å². The van der Waals surface area contributed by atoms with Crippen molar-refractivity contribution in [3.8, 4) is 0 Å². The summed E-state index contributed by atoms with van der Waals surface area (Å²) in [6.45, 7) is 9.67. The van der Waals surface area contributed by atoms with Crippen molar-refractivity contribution in [2.24, 2.45) is 4.99 Å². The Morgan fingerprint density at radius 2 is 1.82 bits per heavy atom. The predicted octanol–water partition coefficient (Wildman–Crippen LogP) is 5.40. The Labute approximate surface area is 233 Å². The highest BCUT2D eigenvalue weighted by molar-refractivity contribution is 8.16. The molecular weight excluding hydrogens is 515 g/mol. The predicted molar refractivity (Wildman–Crippen MR) is 153 cm³/mol. The molecule has 0 aliphatic carbocycles. The Hall–Kier alpha value is -3.59. The fourth-order valence-corrected chi connectivity index (χ4v) is 6.20. The molecule has 39 heavy (non-hydrogen) atoms. The maximum absolute atomic E-state index is 14.3. The molecule has 204 valence electrons. The third kappa shape index (κ3) is 5.59. The Morgan fingerprint density at radius 1 is 1.08 bits per heavy atom. The molecular formula is C30H33FN4O3S. The van der Waals surface area contributed by atoms with Crippen molar-refractivity contribution in [3.05, 3.63) is 87.9 Å². The van der Waals surface area contributed by atoms with Crippen LogP contribution < -0.4 is 4.90 Å². The van der Waals surface area contributed by atoms with Gasteiger partial charge >= 0.3 is 5.97 Å². The van der Waals surface area contributed by atoms with Crippen molar-refractivity contribution < 1.29 is 18.7 Å². The van der Waals surface area contributed by atoms with E-state index in [0.29, 0.717) is 43.1 Å². The molecule has 0 radical (unpaired) electrons. The molecule has 0 bridgehead atoms. The molecule has 9 heteroatoms. The highest BCUT2D eigenvalue weighted by Gasteiger charge is 2.41. The van der Waals surface area contributed by atoms with Gasteiger partial charge in [0.15, 0.2) is 5.17 Å². The van der Waals surface area contributed by atoms with Crippen LogP contribution in [-0.4, -0.2) is 59.1 Å². The van der Waals surface area contributed by atoms with Crippen LogP contribution in [0.2, 0.25) is 0 Å². The van der Waals surface area contributed by atoms with Gasteiger partial charge in [0, 0.05) is 31.9 Å². The first-order chi connectivity index (χ1) is 18.7. The first kappa shape index (κ1) is 27.0. The zero-order chi connectivity index (χ0) is 27.7. The molecule has 3 heterocycles. The summed E-state index contributed by atoms with van der Waals surface area (Å²) in [4.78, 5) is 37.4. The molecule has 0 saturated carbocycles. The largest absolute Gasteiger partial charge is 0.459 e. The summed E-state index contributed by atoms with van der Waals surface area (Å²) in [5.41, 5.74) is 4.49. The number of carbonyl (C=O) groups is 2. The Morgan fingerprint density at radius 3 is 2.51 bits per heavy atom. The normalized spacial score (nSPS) is 19.2. The average Bonchev–Trinajstić information content (AvgIpc) is 3.29. The number of para-hydroxylation sites is 1. The number of carbonyl (C=O) groups excluding carboxylic acids is 2. The van der Waals surface area contributed by atoms with Crippen LogP contribution in [0.25, 0.3) is 0 Å². The fraction of sp³-hybridized carbons (Fsp3) is 0.367. The van der Waals surface area contributed by atoms with Crippen molar-refractivity contribution in [3.63, 3.8) is 0 Å². The van der Waals surface area contributed by atoms with E-state index in [9.17, 15) is 14.0 Å². The van der Waals surface area contributed by atoms with Crippen LogP contribution in [0, 0.1) is 12.7 Å². The van der Waals surface area contributed by atoms with Gasteiger partial charge in [0.2, 0.25) is 5.91 Å². The average molecular weight is 549 g/mol. The van der Waals surface area contributed by atoms with E-state index in [2.05, 4.69) is 6.07 Å². The lowest BCUT2D eigenvalue weighted by molar-refractivity contribution is -0.143. The van der Waals surface area contributed by atoms with Gasteiger partial charge in [0.05, 0.1) is 35.5 Å². The summed E-state index contributed by atoms with van der Waals surface area (Å²) < 4.78 is 19.9. The number of ether oxygens (including phenoxy) is 1. The minimum atomic E-state index is -0.449. The van der Waals surface area contributed by atoms with E-state index in [0.717, 1.165) is 22.0 Å². The molecule has 1 saturated heterocycles. The number of aliphatic imine (C=N–C) groups is 1. The lowest BCUT2D eigenvalue weighted by atomic mass is 9.93. The number of halogens is 1. The Kier molecular flexibility index (Phi) is 7.79. The molecule has 2 aromatic carbocycles. The first-order valence-corrected chi connectivity index (χ1v) is 14.1. The maximum atomic E-state index is 14.3. The second-order valence-electron chi connectivity index (χ2n) is 10.3. The SMILES string of the molecule is CC1=C(C(=O)OC(C)C)C(c2cccc(C)c2)N2C(CC(=O)N3CCN(c4ccccc4F)CC3)=CSC2=N1. The second kappa shape index (κ2) is 11.3. The Bertz CT molecular complexity index is 1380. The van der Waals surface area contributed by atoms with Crippen molar-refractivity contribution in [2.75, 3.05) is 31.1 Å².